The van der Waals surface area contributed by atoms with Gasteiger partial charge in [0.15, 0.2) is 0 Å². The normalized spacial score (nSPS) is 28.8. The number of aliphatic hydroxyl groups is 1. The Bertz CT molecular complexity index is 901. The molecule has 2 aromatic rings. The average Bonchev–Trinajstić information content (AvgIpc) is 3.02. The van der Waals surface area contributed by atoms with Gasteiger partial charge in [0.1, 0.15) is 6.10 Å². The zero-order valence-corrected chi connectivity index (χ0v) is 17.5. The number of nitrogens with zero attached hydrogens (tertiary/aromatic N) is 1. The van der Waals surface area contributed by atoms with Gasteiger partial charge in [-0.25, -0.2) is 0 Å². The average molecular weight is 385 g/mol. The minimum atomic E-state index is -0.668. The van der Waals surface area contributed by atoms with Crippen LogP contribution in [0.3, 0.4) is 0 Å². The van der Waals surface area contributed by atoms with Crippen LogP contribution in [-0.4, -0.2) is 40.4 Å². The molecule has 152 valence electrons. The lowest BCUT2D eigenvalue weighted by Gasteiger charge is -2.44. The molecule has 5 nitrogen and oxygen atoms in total. The van der Waals surface area contributed by atoms with Crippen LogP contribution in [0.1, 0.15) is 64.1 Å². The molecule has 1 fully saturated rings. The number of esters is 1. The number of aliphatic hydroxyl groups excluding tert-OH is 1. The summed E-state index contributed by atoms with van der Waals surface area (Å²) in [6.45, 7) is 10.4. The monoisotopic (exact) mass is 384 g/mol. The van der Waals surface area contributed by atoms with Crippen LogP contribution in [0, 0.1) is 5.41 Å². The van der Waals surface area contributed by atoms with Crippen LogP contribution in [0.2, 0.25) is 0 Å². The molecule has 4 rings (SSSR count). The molecule has 2 N–H and O–H groups in total. The summed E-state index contributed by atoms with van der Waals surface area (Å²) in [6, 6.07) is 7.34. The molecule has 2 heterocycles. The van der Waals surface area contributed by atoms with E-state index in [2.05, 4.69) is 48.1 Å². The van der Waals surface area contributed by atoms with Crippen molar-refractivity contribution in [1.29, 1.82) is 0 Å². The number of piperidine rings is 1. The Morgan fingerprint density at radius 2 is 2.07 bits per heavy atom. The summed E-state index contributed by atoms with van der Waals surface area (Å²) in [6.07, 6.45) is 2.90. The van der Waals surface area contributed by atoms with E-state index in [-0.39, 0.29) is 11.9 Å². The van der Waals surface area contributed by atoms with Gasteiger partial charge in [-0.05, 0) is 64.7 Å². The van der Waals surface area contributed by atoms with E-state index in [9.17, 15) is 9.90 Å². The van der Waals surface area contributed by atoms with Gasteiger partial charge in [0.05, 0.1) is 11.5 Å². The van der Waals surface area contributed by atoms with E-state index in [1.807, 2.05) is 6.92 Å². The molecule has 28 heavy (non-hydrogen) atoms. The van der Waals surface area contributed by atoms with E-state index in [1.54, 1.807) is 13.8 Å². The van der Waals surface area contributed by atoms with Crippen molar-refractivity contribution in [2.75, 3.05) is 6.54 Å². The molecule has 1 aromatic carbocycles. The predicted molar refractivity (Wildman–Crippen MR) is 111 cm³/mol. The molecule has 1 saturated heterocycles. The predicted octanol–water partition coefficient (Wildman–Crippen LogP) is 3.54. The Morgan fingerprint density at radius 1 is 1.32 bits per heavy atom. The van der Waals surface area contributed by atoms with Crippen molar-refractivity contribution in [3.05, 3.63) is 35.5 Å². The zero-order valence-electron chi connectivity index (χ0n) is 17.5. The fourth-order valence-electron chi connectivity index (χ4n) is 4.86. The Hall–Kier alpha value is -1.85. The Balaban J connectivity index is 1.68. The van der Waals surface area contributed by atoms with E-state index in [0.29, 0.717) is 18.6 Å². The SMILES string of the molecule is CC(O)C(C)OC(=O)C1(C)CN[C@@H]2Cc3cn(C(C)C)c4cccc(c34)[C@H]2C1. The number of carbonyl (C=O) groups excluding carboxylic acids is 1. The summed E-state index contributed by atoms with van der Waals surface area (Å²) in [4.78, 5) is 12.9. The highest BCUT2D eigenvalue weighted by Gasteiger charge is 2.46. The maximum absolute atomic E-state index is 12.9. The van der Waals surface area contributed by atoms with Gasteiger partial charge in [0, 0.05) is 41.6 Å². The molecule has 0 spiro atoms. The van der Waals surface area contributed by atoms with E-state index < -0.39 is 17.6 Å². The van der Waals surface area contributed by atoms with Crippen LogP contribution >= 0.6 is 0 Å². The standard InChI is InChI=1S/C23H32N2O3/c1-13(2)25-11-16-9-19-18(17-7-6-8-20(25)21(16)17)10-23(5,12-24-19)22(27)28-15(4)14(3)26/h6-8,11,13-15,18-19,24,26H,9-10,12H2,1-5H3/t14?,15?,18-,19-,23?/m1/s1. The van der Waals surface area contributed by atoms with Crippen molar-refractivity contribution < 1.29 is 14.6 Å². The summed E-state index contributed by atoms with van der Waals surface area (Å²) in [5.41, 5.74) is 3.45. The number of ether oxygens (including phenoxy) is 1. The minimum absolute atomic E-state index is 0.218. The van der Waals surface area contributed by atoms with E-state index in [1.165, 1.54) is 22.0 Å². The molecule has 5 atom stereocenters. The third-order valence-corrected chi connectivity index (χ3v) is 6.74. The van der Waals surface area contributed by atoms with Gasteiger partial charge in [-0.1, -0.05) is 12.1 Å². The lowest BCUT2D eigenvalue weighted by atomic mass is 9.68. The molecular weight excluding hydrogens is 352 g/mol. The van der Waals surface area contributed by atoms with E-state index >= 15 is 0 Å². The first-order valence-corrected chi connectivity index (χ1v) is 10.5. The second-order valence-electron chi connectivity index (χ2n) is 9.31. The zero-order chi connectivity index (χ0) is 20.2. The number of benzene rings is 1. The van der Waals surface area contributed by atoms with Crippen molar-refractivity contribution in [2.24, 2.45) is 5.41 Å². The number of hydrogen-bond donors (Lipinski definition) is 2. The maximum atomic E-state index is 12.9. The number of fused-ring (bicyclic) bond motifs is 2. The third kappa shape index (κ3) is 3.05. The smallest absolute Gasteiger partial charge is 0.313 e. The molecule has 0 bridgehead atoms. The van der Waals surface area contributed by atoms with E-state index in [0.717, 1.165) is 12.8 Å². The number of carbonyl (C=O) groups is 1. The Labute approximate surface area is 167 Å². The second-order valence-corrected chi connectivity index (χ2v) is 9.31. The van der Waals surface area contributed by atoms with Crippen LogP contribution < -0.4 is 5.32 Å². The quantitative estimate of drug-likeness (QED) is 0.792. The van der Waals surface area contributed by atoms with Crippen molar-refractivity contribution in [3.63, 3.8) is 0 Å². The van der Waals surface area contributed by atoms with Crippen molar-refractivity contribution >= 4 is 16.9 Å². The van der Waals surface area contributed by atoms with Crippen molar-refractivity contribution in [3.8, 4) is 0 Å². The van der Waals surface area contributed by atoms with Crippen molar-refractivity contribution in [2.45, 2.75) is 77.7 Å². The first-order valence-electron chi connectivity index (χ1n) is 10.5. The fourth-order valence-corrected chi connectivity index (χ4v) is 4.86. The highest BCUT2D eigenvalue weighted by molar-refractivity contribution is 5.89. The molecule has 0 amide bonds. The Kier molecular flexibility index (Phi) is 4.79. The maximum Gasteiger partial charge on any atom is 0.313 e. The number of nitrogens with one attached hydrogen (secondary N) is 1. The van der Waals surface area contributed by atoms with Crippen LogP contribution in [0.4, 0.5) is 0 Å². The summed E-state index contributed by atoms with van der Waals surface area (Å²) >= 11 is 0. The highest BCUT2D eigenvalue weighted by atomic mass is 16.6. The van der Waals surface area contributed by atoms with Gasteiger partial charge in [0.2, 0.25) is 0 Å². The number of rotatable bonds is 4. The van der Waals surface area contributed by atoms with Gasteiger partial charge in [-0.2, -0.15) is 0 Å². The van der Waals surface area contributed by atoms with Crippen LogP contribution in [0.15, 0.2) is 24.4 Å². The van der Waals surface area contributed by atoms with E-state index in [4.69, 9.17) is 4.74 Å². The first kappa shape index (κ1) is 19.5. The third-order valence-electron chi connectivity index (χ3n) is 6.74. The minimum Gasteiger partial charge on any atom is -0.459 e. The largest absolute Gasteiger partial charge is 0.459 e. The van der Waals surface area contributed by atoms with Gasteiger partial charge in [-0.3, -0.25) is 4.79 Å². The van der Waals surface area contributed by atoms with Gasteiger partial charge in [-0.15, -0.1) is 0 Å². The molecular formula is C23H32N2O3. The van der Waals surface area contributed by atoms with Crippen LogP contribution in [-0.2, 0) is 16.0 Å². The first-order chi connectivity index (χ1) is 13.2. The summed E-state index contributed by atoms with van der Waals surface area (Å²) in [5.74, 6) is 0.0666. The molecule has 0 saturated carbocycles. The van der Waals surface area contributed by atoms with Gasteiger partial charge in [0.25, 0.3) is 0 Å². The second kappa shape index (κ2) is 6.89. The molecule has 1 aliphatic heterocycles. The molecule has 2 aliphatic rings. The Morgan fingerprint density at radius 3 is 2.75 bits per heavy atom. The lowest BCUT2D eigenvalue weighted by molar-refractivity contribution is -0.166. The molecule has 1 aromatic heterocycles. The van der Waals surface area contributed by atoms with Crippen molar-refractivity contribution in [1.82, 2.24) is 9.88 Å². The lowest BCUT2D eigenvalue weighted by Crippen LogP contribution is -2.54. The molecule has 3 unspecified atom stereocenters. The summed E-state index contributed by atoms with van der Waals surface area (Å²) in [7, 11) is 0. The highest BCUT2D eigenvalue weighted by Crippen LogP contribution is 2.46. The molecule has 0 radical (unpaired) electrons. The molecule has 1 aliphatic carbocycles. The number of hydrogen-bond acceptors (Lipinski definition) is 4. The van der Waals surface area contributed by atoms with Crippen LogP contribution in [0.5, 0.6) is 0 Å². The molecule has 5 heteroatoms. The summed E-state index contributed by atoms with van der Waals surface area (Å²) < 4.78 is 7.94. The van der Waals surface area contributed by atoms with Crippen LogP contribution in [0.25, 0.3) is 10.9 Å². The summed E-state index contributed by atoms with van der Waals surface area (Å²) in [5, 5.41) is 14.7. The topological polar surface area (TPSA) is 63.5 Å². The van der Waals surface area contributed by atoms with Gasteiger partial charge < -0.3 is 19.7 Å². The number of aromatic nitrogens is 1. The fraction of sp³-hybridized carbons (Fsp3) is 0.609. The van der Waals surface area contributed by atoms with Gasteiger partial charge >= 0.3 is 5.97 Å².